The largest absolute Gasteiger partial charge is 0.496 e. The highest BCUT2D eigenvalue weighted by molar-refractivity contribution is 7.97. The summed E-state index contributed by atoms with van der Waals surface area (Å²) in [6.07, 6.45) is -9.78. The van der Waals surface area contributed by atoms with Gasteiger partial charge in [0.1, 0.15) is 5.75 Å². The van der Waals surface area contributed by atoms with Crippen molar-refractivity contribution >= 4 is 29.6 Å². The first-order valence-corrected chi connectivity index (χ1v) is 13.8. The molecule has 1 heterocycles. The van der Waals surface area contributed by atoms with E-state index in [1.54, 1.807) is 26.0 Å². The number of alkyl halides is 6. The summed E-state index contributed by atoms with van der Waals surface area (Å²) < 4.78 is 96.9. The lowest BCUT2D eigenvalue weighted by molar-refractivity contribution is -0.143. The van der Waals surface area contributed by atoms with Gasteiger partial charge in [0.05, 0.1) is 43.7 Å². The van der Waals surface area contributed by atoms with E-state index in [1.165, 1.54) is 23.8 Å². The number of fused-ring (bicyclic) bond motifs is 1. The number of hydrogen-bond acceptors (Lipinski definition) is 6. The molecule has 7 nitrogen and oxygen atoms in total. The second-order valence-corrected chi connectivity index (χ2v) is 10.2. The Hall–Kier alpha value is -3.29. The summed E-state index contributed by atoms with van der Waals surface area (Å²) in [5, 5.41) is 0. The Kier molecular flexibility index (Phi) is 9.98. The van der Waals surface area contributed by atoms with Crippen molar-refractivity contribution in [3.63, 3.8) is 0 Å². The van der Waals surface area contributed by atoms with Crippen molar-refractivity contribution in [3.8, 4) is 5.75 Å². The van der Waals surface area contributed by atoms with Crippen molar-refractivity contribution in [1.82, 2.24) is 4.90 Å². The minimum Gasteiger partial charge on any atom is -0.496 e. The van der Waals surface area contributed by atoms with Gasteiger partial charge < -0.3 is 14.2 Å². The van der Waals surface area contributed by atoms with E-state index in [2.05, 4.69) is 0 Å². The Labute approximate surface area is 237 Å². The zero-order valence-corrected chi connectivity index (χ0v) is 23.8. The van der Waals surface area contributed by atoms with E-state index in [9.17, 15) is 35.9 Å². The van der Waals surface area contributed by atoms with Crippen molar-refractivity contribution in [2.24, 2.45) is 0 Å². The number of halogens is 6. The van der Waals surface area contributed by atoms with E-state index in [0.717, 1.165) is 17.6 Å². The Morgan fingerprint density at radius 3 is 2.12 bits per heavy atom. The summed E-state index contributed by atoms with van der Waals surface area (Å²) in [5.41, 5.74) is -1.89. The number of ether oxygens (including phenoxy) is 3. The maximum Gasteiger partial charge on any atom is 0.416 e. The molecular weight excluding hydrogens is 578 g/mol. The SMILES string of the molecule is CCOC(=O)N1c2cc(CSC)c(OC)cc2[C@H](N(Cc2cc(C(F)(F)F)cc(C(F)(F)F)c2)C(=O)OC)C[C@@H]1C. The van der Waals surface area contributed by atoms with Crippen LogP contribution < -0.4 is 9.64 Å². The number of benzene rings is 2. The van der Waals surface area contributed by atoms with E-state index in [-0.39, 0.29) is 19.1 Å². The molecule has 2 atom stereocenters. The second-order valence-electron chi connectivity index (χ2n) is 9.34. The molecule has 226 valence electrons. The van der Waals surface area contributed by atoms with Crippen LogP contribution in [0.4, 0.5) is 41.6 Å². The predicted molar refractivity (Wildman–Crippen MR) is 141 cm³/mol. The smallest absolute Gasteiger partial charge is 0.416 e. The number of hydrogen-bond donors (Lipinski definition) is 0. The first kappa shape index (κ1) is 32.2. The van der Waals surface area contributed by atoms with Crippen LogP contribution in [0.3, 0.4) is 0 Å². The third-order valence-electron chi connectivity index (χ3n) is 6.60. The van der Waals surface area contributed by atoms with Gasteiger partial charge in [-0.05, 0) is 62.4 Å². The van der Waals surface area contributed by atoms with E-state index >= 15 is 0 Å². The zero-order chi connectivity index (χ0) is 30.7. The molecule has 3 rings (SSSR count). The molecule has 0 saturated heterocycles. The number of carbonyl (C=O) groups is 2. The van der Waals surface area contributed by atoms with E-state index in [0.29, 0.717) is 34.9 Å². The molecule has 1 aliphatic heterocycles. The van der Waals surface area contributed by atoms with Gasteiger partial charge >= 0.3 is 24.5 Å². The van der Waals surface area contributed by atoms with Crippen molar-refractivity contribution in [3.05, 3.63) is 58.1 Å². The molecule has 0 saturated carbocycles. The molecule has 41 heavy (non-hydrogen) atoms. The van der Waals surface area contributed by atoms with Crippen LogP contribution in [0.25, 0.3) is 0 Å². The minimum atomic E-state index is -5.06. The summed E-state index contributed by atoms with van der Waals surface area (Å²) in [6, 6.07) is 3.04. The number of rotatable bonds is 7. The molecule has 0 aliphatic carbocycles. The maximum atomic E-state index is 13.5. The van der Waals surface area contributed by atoms with Gasteiger partial charge in [0.15, 0.2) is 0 Å². The fourth-order valence-corrected chi connectivity index (χ4v) is 5.38. The standard InChI is InChI=1S/C27H30F6N2O5S/c1-6-40-25(37)35-15(2)7-21(20-12-23(38-3)17(14-41-5)10-22(20)35)34(24(36)39-4)13-16-8-18(26(28,29)30)11-19(9-16)27(31,32)33/h8-12,15,21H,6-7,13-14H2,1-5H3/t15-,21+/m0/s1. The number of thioether (sulfide) groups is 1. The molecule has 2 amide bonds. The third-order valence-corrected chi connectivity index (χ3v) is 7.20. The van der Waals surface area contributed by atoms with Crippen LogP contribution in [0, 0.1) is 0 Å². The molecule has 0 aromatic heterocycles. The normalized spacial score (nSPS) is 17.1. The highest BCUT2D eigenvalue weighted by Crippen LogP contribution is 2.45. The van der Waals surface area contributed by atoms with E-state index in [1.807, 2.05) is 6.26 Å². The van der Waals surface area contributed by atoms with Gasteiger partial charge in [-0.25, -0.2) is 9.59 Å². The molecule has 0 bridgehead atoms. The fraction of sp³-hybridized carbons (Fsp3) is 0.481. The number of amides is 2. The van der Waals surface area contributed by atoms with E-state index < -0.39 is 59.9 Å². The molecule has 0 spiro atoms. The number of carbonyl (C=O) groups excluding carboxylic acids is 2. The molecule has 0 unspecified atom stereocenters. The molecule has 0 N–H and O–H groups in total. The van der Waals surface area contributed by atoms with E-state index in [4.69, 9.17) is 14.2 Å². The van der Waals surface area contributed by atoms with Crippen LogP contribution in [0.15, 0.2) is 30.3 Å². The Morgan fingerprint density at radius 1 is 1.02 bits per heavy atom. The summed E-state index contributed by atoms with van der Waals surface area (Å²) in [5.74, 6) is 0.946. The number of anilines is 1. The third kappa shape index (κ3) is 7.14. The van der Waals surface area contributed by atoms with Crippen molar-refractivity contribution in [1.29, 1.82) is 0 Å². The predicted octanol–water partition coefficient (Wildman–Crippen LogP) is 7.66. The van der Waals surface area contributed by atoms with Crippen LogP contribution in [0.1, 0.15) is 54.1 Å². The highest BCUT2D eigenvalue weighted by Gasteiger charge is 2.41. The van der Waals surface area contributed by atoms with Crippen molar-refractivity contribution in [2.45, 2.75) is 57.0 Å². The molecule has 2 aromatic rings. The lowest BCUT2D eigenvalue weighted by Crippen LogP contribution is -2.47. The summed E-state index contributed by atoms with van der Waals surface area (Å²) in [7, 11) is 2.50. The fourth-order valence-electron chi connectivity index (χ4n) is 4.85. The van der Waals surface area contributed by atoms with Gasteiger partial charge in [-0.2, -0.15) is 38.1 Å². The topological polar surface area (TPSA) is 68.3 Å². The lowest BCUT2D eigenvalue weighted by atomic mass is 9.89. The maximum absolute atomic E-state index is 13.5. The lowest BCUT2D eigenvalue weighted by Gasteiger charge is -2.43. The van der Waals surface area contributed by atoms with Crippen LogP contribution in [0.5, 0.6) is 5.75 Å². The Morgan fingerprint density at radius 2 is 1.63 bits per heavy atom. The first-order chi connectivity index (χ1) is 19.2. The van der Waals surface area contributed by atoms with Gasteiger partial charge in [-0.1, -0.05) is 0 Å². The summed E-state index contributed by atoms with van der Waals surface area (Å²) in [6.45, 7) is 2.81. The molecule has 14 heteroatoms. The molecular formula is C27H30F6N2O5S. The number of methoxy groups -OCH3 is 2. The van der Waals surface area contributed by atoms with Crippen LogP contribution >= 0.6 is 11.8 Å². The van der Waals surface area contributed by atoms with Crippen LogP contribution in [-0.2, 0) is 34.1 Å². The minimum absolute atomic E-state index is 0.0271. The second kappa shape index (κ2) is 12.7. The molecule has 1 aliphatic rings. The molecule has 2 aromatic carbocycles. The quantitative estimate of drug-likeness (QED) is 0.301. The monoisotopic (exact) mass is 608 g/mol. The van der Waals surface area contributed by atoms with Crippen LogP contribution in [0.2, 0.25) is 0 Å². The average molecular weight is 609 g/mol. The highest BCUT2D eigenvalue weighted by atomic mass is 32.2. The van der Waals surface area contributed by atoms with Crippen LogP contribution in [-0.4, -0.2) is 50.2 Å². The Bertz CT molecular complexity index is 1240. The van der Waals surface area contributed by atoms with Gasteiger partial charge in [0.2, 0.25) is 0 Å². The summed E-state index contributed by atoms with van der Waals surface area (Å²) in [4.78, 5) is 28.5. The zero-order valence-electron chi connectivity index (χ0n) is 23.0. The van der Waals surface area contributed by atoms with Gasteiger partial charge in [-0.15, -0.1) is 0 Å². The average Bonchev–Trinajstić information content (AvgIpc) is 2.89. The number of nitrogens with zero attached hydrogens (tertiary/aromatic N) is 2. The van der Waals surface area contributed by atoms with Gasteiger partial charge in [0.25, 0.3) is 0 Å². The molecule has 0 fully saturated rings. The van der Waals surface area contributed by atoms with Crippen molar-refractivity contribution < 1.29 is 50.1 Å². The first-order valence-electron chi connectivity index (χ1n) is 12.4. The van der Waals surface area contributed by atoms with Gasteiger partial charge in [-0.3, -0.25) is 9.80 Å². The van der Waals surface area contributed by atoms with Crippen molar-refractivity contribution in [2.75, 3.05) is 32.0 Å². The molecule has 0 radical (unpaired) electrons. The Balaban J connectivity index is 2.21. The summed E-state index contributed by atoms with van der Waals surface area (Å²) >= 11 is 1.50. The van der Waals surface area contributed by atoms with Gasteiger partial charge in [0, 0.05) is 29.5 Å².